The SMILES string of the molecule is CCOP(C)(=O)C(=O)c1ccc2[nH]c(C(=O)Oc3c(F)c(F)c(F)c(F)c3F)cc2c1. The van der Waals surface area contributed by atoms with E-state index in [2.05, 4.69) is 9.72 Å². The third kappa shape index (κ3) is 4.11. The third-order valence-corrected chi connectivity index (χ3v) is 5.94. The van der Waals surface area contributed by atoms with Crippen LogP contribution in [-0.4, -0.2) is 29.7 Å². The molecule has 3 rings (SSSR count). The summed E-state index contributed by atoms with van der Waals surface area (Å²) in [6, 6.07) is 5.10. The Bertz CT molecular complexity index is 1240. The van der Waals surface area contributed by atoms with E-state index in [-0.39, 0.29) is 23.1 Å². The van der Waals surface area contributed by atoms with Crippen LogP contribution in [0.4, 0.5) is 22.0 Å². The van der Waals surface area contributed by atoms with Crippen LogP contribution < -0.4 is 4.74 Å². The van der Waals surface area contributed by atoms with E-state index < -0.39 is 59.4 Å². The molecule has 164 valence electrons. The van der Waals surface area contributed by atoms with Gasteiger partial charge in [0.1, 0.15) is 5.69 Å². The molecule has 0 fully saturated rings. The number of hydrogen-bond donors (Lipinski definition) is 1. The molecule has 0 aliphatic rings. The molecule has 0 radical (unpaired) electrons. The molecule has 0 saturated heterocycles. The van der Waals surface area contributed by atoms with E-state index >= 15 is 0 Å². The molecule has 1 unspecified atom stereocenters. The summed E-state index contributed by atoms with van der Waals surface area (Å²) in [6.07, 6.45) is 0. The number of ether oxygens (including phenoxy) is 1. The molecule has 2 aromatic carbocycles. The molecule has 1 atom stereocenters. The van der Waals surface area contributed by atoms with Gasteiger partial charge in [-0.25, -0.2) is 18.0 Å². The summed E-state index contributed by atoms with van der Waals surface area (Å²) in [5, 5.41) is 0.256. The highest BCUT2D eigenvalue weighted by atomic mass is 31.2. The number of nitrogens with one attached hydrogen (secondary N) is 1. The van der Waals surface area contributed by atoms with Gasteiger partial charge in [-0.15, -0.1) is 0 Å². The van der Waals surface area contributed by atoms with Crippen LogP contribution in [0.1, 0.15) is 27.8 Å². The van der Waals surface area contributed by atoms with Gasteiger partial charge in [0.05, 0.1) is 6.61 Å². The van der Waals surface area contributed by atoms with Crippen LogP contribution in [0.25, 0.3) is 10.9 Å². The molecule has 0 aliphatic heterocycles. The van der Waals surface area contributed by atoms with Gasteiger partial charge < -0.3 is 14.2 Å². The van der Waals surface area contributed by atoms with Gasteiger partial charge in [0, 0.05) is 23.1 Å². The average molecular weight is 461 g/mol. The molecule has 1 heterocycles. The van der Waals surface area contributed by atoms with Crippen molar-refractivity contribution in [1.82, 2.24) is 4.98 Å². The highest BCUT2D eigenvalue weighted by Crippen LogP contribution is 2.46. The maximum Gasteiger partial charge on any atom is 0.360 e. The number of halogens is 5. The number of carbonyl (C=O) groups is 2. The fourth-order valence-corrected chi connectivity index (χ4v) is 3.96. The first-order valence-corrected chi connectivity index (χ1v) is 10.7. The van der Waals surface area contributed by atoms with E-state index in [1.54, 1.807) is 6.92 Å². The Morgan fingerprint density at radius 3 is 2.13 bits per heavy atom. The Balaban J connectivity index is 1.94. The minimum atomic E-state index is -3.59. The van der Waals surface area contributed by atoms with Crippen LogP contribution in [0.5, 0.6) is 5.75 Å². The largest absolute Gasteiger partial charge is 0.415 e. The topological polar surface area (TPSA) is 85.5 Å². The second kappa shape index (κ2) is 8.24. The third-order valence-electron chi connectivity index (χ3n) is 4.20. The van der Waals surface area contributed by atoms with E-state index in [1.165, 1.54) is 18.2 Å². The van der Waals surface area contributed by atoms with Gasteiger partial charge in [0.2, 0.25) is 40.4 Å². The molecule has 31 heavy (non-hydrogen) atoms. The highest BCUT2D eigenvalue weighted by molar-refractivity contribution is 7.76. The van der Waals surface area contributed by atoms with Crippen LogP contribution in [0.3, 0.4) is 0 Å². The monoisotopic (exact) mass is 461 g/mol. The molecule has 1 aromatic heterocycles. The summed E-state index contributed by atoms with van der Waals surface area (Å²) < 4.78 is 88.7. The Labute approximate surface area is 171 Å². The molecular formula is C19H13F5NO5P. The number of rotatable bonds is 6. The summed E-state index contributed by atoms with van der Waals surface area (Å²) in [4.78, 5) is 27.1. The van der Waals surface area contributed by atoms with Gasteiger partial charge in [-0.2, -0.15) is 8.78 Å². The molecular weight excluding hydrogens is 448 g/mol. The number of H-pyrrole nitrogens is 1. The number of aromatic nitrogens is 1. The first-order valence-electron chi connectivity index (χ1n) is 8.61. The van der Waals surface area contributed by atoms with Crippen molar-refractivity contribution in [3.63, 3.8) is 0 Å². The van der Waals surface area contributed by atoms with E-state index in [1.807, 2.05) is 0 Å². The van der Waals surface area contributed by atoms with Gasteiger partial charge in [-0.1, -0.05) is 0 Å². The van der Waals surface area contributed by atoms with Gasteiger partial charge >= 0.3 is 5.97 Å². The molecule has 12 heteroatoms. The van der Waals surface area contributed by atoms with Gasteiger partial charge in [0.25, 0.3) is 7.37 Å². The lowest BCUT2D eigenvalue weighted by Gasteiger charge is -2.10. The number of fused-ring (bicyclic) bond motifs is 1. The number of esters is 1. The summed E-state index contributed by atoms with van der Waals surface area (Å²) in [5.41, 5.74) is -0.857. The van der Waals surface area contributed by atoms with Crippen molar-refractivity contribution >= 4 is 29.8 Å². The molecule has 1 N–H and O–H groups in total. The van der Waals surface area contributed by atoms with Crippen LogP contribution in [0.15, 0.2) is 24.3 Å². The lowest BCUT2D eigenvalue weighted by molar-refractivity contribution is 0.0710. The second-order valence-electron chi connectivity index (χ2n) is 6.34. The van der Waals surface area contributed by atoms with E-state index in [4.69, 9.17) is 4.52 Å². The first-order chi connectivity index (χ1) is 14.5. The van der Waals surface area contributed by atoms with Gasteiger partial charge in [-0.3, -0.25) is 9.36 Å². The lowest BCUT2D eigenvalue weighted by Crippen LogP contribution is -2.14. The summed E-state index contributed by atoms with van der Waals surface area (Å²) in [6.45, 7) is 2.79. The summed E-state index contributed by atoms with van der Waals surface area (Å²) in [7, 11) is -3.59. The maximum absolute atomic E-state index is 13.7. The molecule has 0 amide bonds. The lowest BCUT2D eigenvalue weighted by atomic mass is 10.2. The van der Waals surface area contributed by atoms with Crippen LogP contribution in [0, 0.1) is 29.1 Å². The van der Waals surface area contributed by atoms with E-state index in [0.29, 0.717) is 0 Å². The molecule has 0 aliphatic carbocycles. The zero-order valence-electron chi connectivity index (χ0n) is 15.9. The summed E-state index contributed by atoms with van der Waals surface area (Å²) in [5.74, 6) is -14.7. The van der Waals surface area contributed by atoms with E-state index in [0.717, 1.165) is 12.7 Å². The maximum atomic E-state index is 13.7. The minimum absolute atomic E-state index is 0.0190. The van der Waals surface area contributed by atoms with Crippen LogP contribution >= 0.6 is 7.37 Å². The fourth-order valence-electron chi connectivity index (χ4n) is 2.74. The molecule has 3 aromatic rings. The predicted octanol–water partition coefficient (Wildman–Crippen LogP) is 5.17. The smallest absolute Gasteiger partial charge is 0.360 e. The van der Waals surface area contributed by atoms with Crippen molar-refractivity contribution in [1.29, 1.82) is 0 Å². The van der Waals surface area contributed by atoms with Crippen LogP contribution in [0.2, 0.25) is 0 Å². The van der Waals surface area contributed by atoms with Crippen molar-refractivity contribution in [3.8, 4) is 5.75 Å². The predicted molar refractivity (Wildman–Crippen MR) is 99.0 cm³/mol. The van der Waals surface area contributed by atoms with Gasteiger partial charge in [0.15, 0.2) is 0 Å². The van der Waals surface area contributed by atoms with Crippen molar-refractivity contribution in [2.24, 2.45) is 0 Å². The number of benzene rings is 2. The molecule has 6 nitrogen and oxygen atoms in total. The normalized spacial score (nSPS) is 13.3. The Kier molecular flexibility index (Phi) is 6.02. The number of carbonyl (C=O) groups excluding carboxylic acids is 2. The van der Waals surface area contributed by atoms with Crippen molar-refractivity contribution in [2.45, 2.75) is 6.92 Å². The highest BCUT2D eigenvalue weighted by Gasteiger charge is 2.30. The number of hydrogen-bond acceptors (Lipinski definition) is 5. The molecule has 0 saturated carbocycles. The Hall–Kier alpha value is -3.04. The average Bonchev–Trinajstić information content (AvgIpc) is 3.16. The van der Waals surface area contributed by atoms with Crippen molar-refractivity contribution in [3.05, 3.63) is 64.6 Å². The zero-order chi connectivity index (χ0) is 23.1. The Morgan fingerprint density at radius 1 is 0.968 bits per heavy atom. The van der Waals surface area contributed by atoms with Gasteiger partial charge in [-0.05, 0) is 31.2 Å². The zero-order valence-corrected chi connectivity index (χ0v) is 16.8. The minimum Gasteiger partial charge on any atom is -0.415 e. The number of aromatic amines is 1. The van der Waals surface area contributed by atoms with E-state index in [9.17, 15) is 36.1 Å². The first kappa shape index (κ1) is 22.6. The quantitative estimate of drug-likeness (QED) is 0.137. The van der Waals surface area contributed by atoms with Crippen molar-refractivity contribution in [2.75, 3.05) is 13.3 Å². The molecule has 0 spiro atoms. The molecule has 0 bridgehead atoms. The van der Waals surface area contributed by atoms with Crippen molar-refractivity contribution < 1.29 is 45.4 Å². The Morgan fingerprint density at radius 2 is 1.55 bits per heavy atom. The fraction of sp³-hybridized carbons (Fsp3) is 0.158. The second-order valence-corrected chi connectivity index (χ2v) is 8.70. The standard InChI is InChI=1S/C19H13F5NO5P/c1-3-29-31(2,28)19(27)8-4-5-10-9(6-8)7-11(25-10)18(26)30-17-15(23)13(21)12(20)14(22)16(17)24/h4-7,25H,3H2,1-2H3. The summed E-state index contributed by atoms with van der Waals surface area (Å²) >= 11 is 0. The van der Waals surface area contributed by atoms with Crippen LogP contribution in [-0.2, 0) is 9.09 Å².